The van der Waals surface area contributed by atoms with Crippen LogP contribution in [0, 0.1) is 12.7 Å². The van der Waals surface area contributed by atoms with Crippen molar-refractivity contribution in [3.8, 4) is 5.69 Å². The Bertz CT molecular complexity index is 1140. The zero-order chi connectivity index (χ0) is 21.3. The maximum atomic E-state index is 14.2. The van der Waals surface area contributed by atoms with Crippen LogP contribution in [0.25, 0.3) is 5.69 Å². The number of piperazine rings is 1. The first-order valence-electron chi connectivity index (χ1n) is 9.60. The molecule has 2 heterocycles. The van der Waals surface area contributed by atoms with Crippen LogP contribution in [0.5, 0.6) is 0 Å². The lowest BCUT2D eigenvalue weighted by Gasteiger charge is -2.36. The molecule has 1 aliphatic rings. The molecule has 0 N–H and O–H groups in total. The normalized spacial score (nSPS) is 14.1. The van der Waals surface area contributed by atoms with Crippen molar-refractivity contribution in [3.63, 3.8) is 0 Å². The molecule has 0 spiro atoms. The summed E-state index contributed by atoms with van der Waals surface area (Å²) >= 11 is 5.94. The first-order chi connectivity index (χ1) is 14.4. The molecule has 1 aromatic heterocycles. The number of aromatic nitrogens is 2. The number of halogens is 2. The van der Waals surface area contributed by atoms with Crippen molar-refractivity contribution in [2.75, 3.05) is 31.1 Å². The second kappa shape index (κ2) is 8.28. The number of nitrogens with zero attached hydrogens (tertiary/aromatic N) is 4. The van der Waals surface area contributed by atoms with Gasteiger partial charge in [0.25, 0.3) is 5.91 Å². The average molecular weight is 427 g/mol. The van der Waals surface area contributed by atoms with Gasteiger partial charge in [0.1, 0.15) is 11.5 Å². The van der Waals surface area contributed by atoms with Crippen LogP contribution in [0.15, 0.2) is 59.4 Å². The highest BCUT2D eigenvalue weighted by Gasteiger charge is 2.26. The van der Waals surface area contributed by atoms with Gasteiger partial charge in [0, 0.05) is 48.6 Å². The molecular formula is C22H20ClFN4O2. The van der Waals surface area contributed by atoms with Crippen LogP contribution in [0.1, 0.15) is 16.2 Å². The van der Waals surface area contributed by atoms with Gasteiger partial charge in [-0.3, -0.25) is 9.59 Å². The van der Waals surface area contributed by atoms with Crippen LogP contribution >= 0.6 is 11.6 Å². The van der Waals surface area contributed by atoms with Gasteiger partial charge in [-0.1, -0.05) is 23.7 Å². The Hall–Kier alpha value is -3.19. The Morgan fingerprint density at radius 2 is 1.70 bits per heavy atom. The molecule has 6 nitrogen and oxygen atoms in total. The van der Waals surface area contributed by atoms with Gasteiger partial charge >= 0.3 is 0 Å². The number of carbonyl (C=O) groups excluding carboxylic acids is 1. The van der Waals surface area contributed by atoms with Crippen molar-refractivity contribution >= 4 is 23.2 Å². The SMILES string of the molecule is Cc1cc(=O)c(C(=O)N2CCN(c3ccc(Cl)cc3)CC2)nn1-c1ccccc1F. The number of aryl methyl sites for hydroxylation is 1. The lowest BCUT2D eigenvalue weighted by atomic mass is 10.2. The molecule has 8 heteroatoms. The van der Waals surface area contributed by atoms with Gasteiger partial charge in [0.2, 0.25) is 5.43 Å². The van der Waals surface area contributed by atoms with Gasteiger partial charge in [0.05, 0.1) is 0 Å². The monoisotopic (exact) mass is 426 g/mol. The fourth-order valence-electron chi connectivity index (χ4n) is 3.53. The smallest absolute Gasteiger partial charge is 0.278 e. The summed E-state index contributed by atoms with van der Waals surface area (Å²) in [6.45, 7) is 3.81. The van der Waals surface area contributed by atoms with Gasteiger partial charge in [-0.25, -0.2) is 9.07 Å². The molecule has 1 amide bonds. The third-order valence-corrected chi connectivity index (χ3v) is 5.40. The molecule has 30 heavy (non-hydrogen) atoms. The molecule has 0 aliphatic carbocycles. The van der Waals surface area contributed by atoms with Crippen LogP contribution in [0.2, 0.25) is 5.02 Å². The number of hydrogen-bond donors (Lipinski definition) is 0. The van der Waals surface area contributed by atoms with Crippen molar-refractivity contribution < 1.29 is 9.18 Å². The standard InChI is InChI=1S/C22H20ClFN4O2/c1-15-14-20(29)21(25-28(15)19-5-3-2-4-18(19)24)22(30)27-12-10-26(11-13-27)17-8-6-16(23)7-9-17/h2-9,14H,10-13H2,1H3. The first kappa shape index (κ1) is 20.1. The molecule has 1 aliphatic heterocycles. The highest BCUT2D eigenvalue weighted by Crippen LogP contribution is 2.20. The van der Waals surface area contributed by atoms with Gasteiger partial charge in [-0.2, -0.15) is 5.10 Å². The largest absolute Gasteiger partial charge is 0.368 e. The molecule has 4 rings (SSSR count). The minimum absolute atomic E-state index is 0.191. The quantitative estimate of drug-likeness (QED) is 0.644. The molecule has 0 bridgehead atoms. The van der Waals surface area contributed by atoms with E-state index in [9.17, 15) is 14.0 Å². The zero-order valence-electron chi connectivity index (χ0n) is 16.4. The summed E-state index contributed by atoms with van der Waals surface area (Å²) in [5.41, 5.74) is 1.00. The molecule has 0 unspecified atom stereocenters. The minimum Gasteiger partial charge on any atom is -0.368 e. The van der Waals surface area contributed by atoms with Crippen molar-refractivity contribution in [3.05, 3.63) is 87.0 Å². The van der Waals surface area contributed by atoms with E-state index in [1.165, 1.54) is 16.8 Å². The van der Waals surface area contributed by atoms with Gasteiger partial charge in [0.15, 0.2) is 5.69 Å². The Morgan fingerprint density at radius 1 is 1.03 bits per heavy atom. The Balaban J connectivity index is 1.55. The zero-order valence-corrected chi connectivity index (χ0v) is 17.1. The van der Waals surface area contributed by atoms with Crippen LogP contribution in [-0.4, -0.2) is 46.8 Å². The van der Waals surface area contributed by atoms with Crippen molar-refractivity contribution in [1.29, 1.82) is 0 Å². The summed E-state index contributed by atoms with van der Waals surface area (Å²) in [5, 5.41) is 4.88. The van der Waals surface area contributed by atoms with Crippen LogP contribution < -0.4 is 10.3 Å². The molecule has 0 atom stereocenters. The van der Waals surface area contributed by atoms with E-state index in [0.29, 0.717) is 36.9 Å². The average Bonchev–Trinajstić information content (AvgIpc) is 2.75. The highest BCUT2D eigenvalue weighted by atomic mass is 35.5. The summed E-state index contributed by atoms with van der Waals surface area (Å²) in [5.74, 6) is -0.924. The van der Waals surface area contributed by atoms with Gasteiger partial charge in [-0.05, 0) is 43.3 Å². The second-order valence-electron chi connectivity index (χ2n) is 7.12. The summed E-state index contributed by atoms with van der Waals surface area (Å²) in [6.07, 6.45) is 0. The van der Waals surface area contributed by atoms with Crippen LogP contribution in [0.4, 0.5) is 10.1 Å². The molecule has 3 aromatic rings. The summed E-state index contributed by atoms with van der Waals surface area (Å²) in [7, 11) is 0. The van der Waals surface area contributed by atoms with Crippen molar-refractivity contribution in [1.82, 2.24) is 14.7 Å². The number of amides is 1. The molecule has 154 valence electrons. The maximum absolute atomic E-state index is 14.2. The third kappa shape index (κ3) is 3.93. The molecule has 0 saturated carbocycles. The Morgan fingerprint density at radius 3 is 2.37 bits per heavy atom. The molecule has 0 radical (unpaired) electrons. The first-order valence-corrected chi connectivity index (χ1v) is 9.97. The summed E-state index contributed by atoms with van der Waals surface area (Å²) in [4.78, 5) is 29.2. The van der Waals surface area contributed by atoms with E-state index in [-0.39, 0.29) is 11.4 Å². The van der Waals surface area contributed by atoms with Gasteiger partial charge in [-0.15, -0.1) is 0 Å². The van der Waals surface area contributed by atoms with Crippen LogP contribution in [-0.2, 0) is 0 Å². The summed E-state index contributed by atoms with van der Waals surface area (Å²) in [6, 6.07) is 15.0. The predicted molar refractivity (Wildman–Crippen MR) is 114 cm³/mol. The fraction of sp³-hybridized carbons (Fsp3) is 0.227. The minimum atomic E-state index is -0.480. The second-order valence-corrected chi connectivity index (χ2v) is 7.55. The Kier molecular flexibility index (Phi) is 5.55. The highest BCUT2D eigenvalue weighted by molar-refractivity contribution is 6.30. The fourth-order valence-corrected chi connectivity index (χ4v) is 3.66. The lowest BCUT2D eigenvalue weighted by Crippen LogP contribution is -2.50. The van der Waals surface area contributed by atoms with Crippen molar-refractivity contribution in [2.24, 2.45) is 0 Å². The predicted octanol–water partition coefficient (Wildman–Crippen LogP) is 3.30. The van der Waals surface area contributed by atoms with Gasteiger partial charge < -0.3 is 9.80 Å². The van der Waals surface area contributed by atoms with Crippen molar-refractivity contribution in [2.45, 2.75) is 6.92 Å². The molecule has 2 aromatic carbocycles. The number of benzene rings is 2. The van der Waals surface area contributed by atoms with E-state index in [4.69, 9.17) is 11.6 Å². The maximum Gasteiger partial charge on any atom is 0.278 e. The molecule has 1 fully saturated rings. The third-order valence-electron chi connectivity index (χ3n) is 5.15. The topological polar surface area (TPSA) is 58.4 Å². The lowest BCUT2D eigenvalue weighted by molar-refractivity contribution is 0.0737. The number of rotatable bonds is 3. The number of para-hydroxylation sites is 1. The van der Waals surface area contributed by atoms with Crippen LogP contribution in [0.3, 0.4) is 0 Å². The summed E-state index contributed by atoms with van der Waals surface area (Å²) < 4.78 is 15.5. The Labute approximate surface area is 178 Å². The number of hydrogen-bond acceptors (Lipinski definition) is 4. The van der Waals surface area contributed by atoms with E-state index in [1.807, 2.05) is 24.3 Å². The van der Waals surface area contributed by atoms with E-state index < -0.39 is 17.2 Å². The number of carbonyl (C=O) groups is 1. The molecular weight excluding hydrogens is 407 g/mol. The van der Waals surface area contributed by atoms with E-state index >= 15 is 0 Å². The molecule has 1 saturated heterocycles. The number of anilines is 1. The van der Waals surface area contributed by atoms with E-state index in [2.05, 4.69) is 10.00 Å². The van der Waals surface area contributed by atoms with E-state index in [1.54, 1.807) is 30.0 Å². The van der Waals surface area contributed by atoms with E-state index in [0.717, 1.165) is 5.69 Å².